The van der Waals surface area contributed by atoms with E-state index in [1.165, 1.54) is 0 Å². The maximum Gasteiger partial charge on any atom is 0.278 e. The molecule has 3 aromatic rings. The highest BCUT2D eigenvalue weighted by molar-refractivity contribution is 5.62. The molecular formula is C24H20N4O2. The highest BCUT2D eigenvalue weighted by Crippen LogP contribution is 2.24. The second-order valence-electron chi connectivity index (χ2n) is 7.24. The van der Waals surface area contributed by atoms with Crippen molar-refractivity contribution >= 4 is 5.69 Å². The summed E-state index contributed by atoms with van der Waals surface area (Å²) in [6.45, 7) is 0. The summed E-state index contributed by atoms with van der Waals surface area (Å²) in [5.41, 5.74) is 10.6. The summed E-state index contributed by atoms with van der Waals surface area (Å²) < 4.78 is 7.03. The molecule has 2 aliphatic heterocycles. The molecule has 5 rings (SSSR count). The van der Waals surface area contributed by atoms with Crippen LogP contribution in [-0.2, 0) is 12.8 Å². The predicted octanol–water partition coefficient (Wildman–Crippen LogP) is 4.02. The van der Waals surface area contributed by atoms with E-state index in [4.69, 9.17) is 10.2 Å². The number of anilines is 1. The summed E-state index contributed by atoms with van der Waals surface area (Å²) in [6.07, 6.45) is 4.39. The predicted molar refractivity (Wildman–Crippen MR) is 116 cm³/mol. The van der Waals surface area contributed by atoms with Crippen molar-refractivity contribution in [2.45, 2.75) is 12.8 Å². The Bertz CT molecular complexity index is 1300. The average molecular weight is 396 g/mol. The molecule has 0 atom stereocenters. The molecule has 6 nitrogen and oxygen atoms in total. The summed E-state index contributed by atoms with van der Waals surface area (Å²) in [5, 5.41) is 0. The Hall–Kier alpha value is -4.06. The van der Waals surface area contributed by atoms with Gasteiger partial charge in [0.25, 0.3) is 5.56 Å². The topological polar surface area (TPSA) is 89.8 Å². The fourth-order valence-electron chi connectivity index (χ4n) is 3.60. The number of fused-ring (bicyclic) bond motifs is 1. The third-order valence-electron chi connectivity index (χ3n) is 5.12. The minimum atomic E-state index is -0.138. The largest absolute Gasteiger partial charge is 0.469 e. The van der Waals surface area contributed by atoms with Crippen LogP contribution < -0.4 is 11.3 Å². The summed E-state index contributed by atoms with van der Waals surface area (Å²) in [4.78, 5) is 21.3. The van der Waals surface area contributed by atoms with Gasteiger partial charge in [-0.1, -0.05) is 42.5 Å². The van der Waals surface area contributed by atoms with Crippen molar-refractivity contribution < 1.29 is 4.42 Å². The third kappa shape index (κ3) is 3.39. The zero-order valence-corrected chi connectivity index (χ0v) is 16.2. The Kier molecular flexibility index (Phi) is 4.44. The van der Waals surface area contributed by atoms with Gasteiger partial charge in [-0.3, -0.25) is 9.36 Å². The fraction of sp³-hybridized carbons (Fsp3) is 0.0833. The van der Waals surface area contributed by atoms with Crippen LogP contribution in [0.25, 0.3) is 17.1 Å². The molecule has 0 amide bonds. The summed E-state index contributed by atoms with van der Waals surface area (Å²) in [6, 6.07) is 21.3. The summed E-state index contributed by atoms with van der Waals surface area (Å²) in [7, 11) is 0. The Morgan fingerprint density at radius 1 is 0.967 bits per heavy atom. The van der Waals surface area contributed by atoms with Crippen LogP contribution in [0.2, 0.25) is 0 Å². The fourth-order valence-corrected chi connectivity index (χ4v) is 3.60. The number of nitrogens with zero attached hydrogens (tertiary/aromatic N) is 2. The maximum atomic E-state index is 13.1. The van der Waals surface area contributed by atoms with Gasteiger partial charge in [0, 0.05) is 18.3 Å². The van der Waals surface area contributed by atoms with E-state index in [1.807, 2.05) is 54.6 Å². The van der Waals surface area contributed by atoms with Gasteiger partial charge in [0.05, 0.1) is 24.1 Å². The molecule has 0 saturated carbocycles. The van der Waals surface area contributed by atoms with Crippen molar-refractivity contribution in [1.82, 2.24) is 14.5 Å². The quantitative estimate of drug-likeness (QED) is 0.439. The number of furan rings is 1. The number of benzene rings is 2. The standard InChI is InChI=1S/C24H20N4O2/c25-18-10-8-17(9-11-18)22-15-28-23(20(26-22)13-16-5-2-1-3-6-16)27-21(24(28)29)14-19-7-4-12-30-19/h1-12,15,26H,13-14,25H2. The minimum Gasteiger partial charge on any atom is -0.469 e. The van der Waals surface area contributed by atoms with Gasteiger partial charge in [0.1, 0.15) is 11.5 Å². The normalized spacial score (nSPS) is 11.2. The molecule has 6 heteroatoms. The number of hydrogen-bond donors (Lipinski definition) is 2. The lowest BCUT2D eigenvalue weighted by atomic mass is 10.1. The van der Waals surface area contributed by atoms with Crippen LogP contribution in [0, 0.1) is 0 Å². The van der Waals surface area contributed by atoms with Crippen LogP contribution >= 0.6 is 0 Å². The molecule has 30 heavy (non-hydrogen) atoms. The van der Waals surface area contributed by atoms with Crippen molar-refractivity contribution in [3.8, 4) is 17.1 Å². The molecule has 1 aromatic heterocycles. The van der Waals surface area contributed by atoms with Gasteiger partial charge in [-0.15, -0.1) is 0 Å². The van der Waals surface area contributed by atoms with E-state index >= 15 is 0 Å². The molecule has 0 fully saturated rings. The number of nitrogens with one attached hydrogen (secondary N) is 1. The van der Waals surface area contributed by atoms with Crippen molar-refractivity contribution in [3.63, 3.8) is 0 Å². The first-order chi connectivity index (χ1) is 14.7. The first-order valence-electron chi connectivity index (χ1n) is 9.73. The van der Waals surface area contributed by atoms with E-state index in [2.05, 4.69) is 22.1 Å². The Morgan fingerprint density at radius 3 is 2.50 bits per heavy atom. The van der Waals surface area contributed by atoms with Crippen molar-refractivity contribution in [1.29, 1.82) is 0 Å². The molecule has 0 bridgehead atoms. The third-order valence-corrected chi connectivity index (χ3v) is 5.12. The first kappa shape index (κ1) is 18.0. The van der Waals surface area contributed by atoms with Gasteiger partial charge in [-0.05, 0) is 35.4 Å². The zero-order valence-electron chi connectivity index (χ0n) is 16.2. The number of imidazole rings is 1. The number of rotatable bonds is 5. The van der Waals surface area contributed by atoms with E-state index < -0.39 is 0 Å². The molecule has 3 heterocycles. The SMILES string of the molecule is Nc1ccc(-c2cn3c(=O)c(Cc4ccco4)nc-3c(Cc3ccccc3)[nH]2)cc1. The second kappa shape index (κ2) is 7.40. The smallest absolute Gasteiger partial charge is 0.278 e. The van der Waals surface area contributed by atoms with Crippen molar-refractivity contribution in [2.75, 3.05) is 5.73 Å². The molecule has 0 spiro atoms. The van der Waals surface area contributed by atoms with Crippen LogP contribution in [0.15, 0.2) is 88.4 Å². The number of hydrogen-bond acceptors (Lipinski definition) is 4. The molecule has 3 N–H and O–H groups in total. The monoisotopic (exact) mass is 396 g/mol. The van der Waals surface area contributed by atoms with Gasteiger partial charge in [-0.2, -0.15) is 0 Å². The lowest BCUT2D eigenvalue weighted by Gasteiger charge is -2.13. The molecule has 0 unspecified atom stereocenters. The van der Waals surface area contributed by atoms with Crippen LogP contribution in [0.5, 0.6) is 0 Å². The number of nitrogen functional groups attached to an aromatic ring is 1. The minimum absolute atomic E-state index is 0.138. The molecular weight excluding hydrogens is 376 g/mol. The van der Waals surface area contributed by atoms with Crippen LogP contribution in [-0.4, -0.2) is 14.5 Å². The molecule has 0 radical (unpaired) electrons. The van der Waals surface area contributed by atoms with Crippen molar-refractivity contribution in [2.24, 2.45) is 0 Å². The highest BCUT2D eigenvalue weighted by atomic mass is 16.3. The van der Waals surface area contributed by atoms with E-state index in [1.54, 1.807) is 17.0 Å². The number of nitrogens with two attached hydrogens (primary N) is 1. The van der Waals surface area contributed by atoms with Gasteiger partial charge in [0.15, 0.2) is 5.82 Å². The molecule has 148 valence electrons. The zero-order chi connectivity index (χ0) is 20.5. The lowest BCUT2D eigenvalue weighted by Crippen LogP contribution is -2.17. The summed E-state index contributed by atoms with van der Waals surface area (Å²) >= 11 is 0. The van der Waals surface area contributed by atoms with Crippen LogP contribution in [0.4, 0.5) is 5.69 Å². The van der Waals surface area contributed by atoms with Crippen molar-refractivity contribution in [3.05, 3.63) is 112 Å². The molecule has 0 saturated heterocycles. The number of aromatic amines is 1. The molecule has 2 aromatic carbocycles. The number of aromatic nitrogens is 3. The van der Waals surface area contributed by atoms with Gasteiger partial charge in [-0.25, -0.2) is 4.98 Å². The Balaban J connectivity index is 1.66. The van der Waals surface area contributed by atoms with Crippen LogP contribution in [0.3, 0.4) is 0 Å². The molecule has 2 aliphatic rings. The van der Waals surface area contributed by atoms with Gasteiger partial charge in [0.2, 0.25) is 0 Å². The molecule has 0 aliphatic carbocycles. The highest BCUT2D eigenvalue weighted by Gasteiger charge is 2.21. The Morgan fingerprint density at radius 2 is 1.77 bits per heavy atom. The van der Waals surface area contributed by atoms with Gasteiger partial charge < -0.3 is 15.1 Å². The first-order valence-corrected chi connectivity index (χ1v) is 9.73. The number of H-pyrrole nitrogens is 1. The van der Waals surface area contributed by atoms with E-state index in [-0.39, 0.29) is 5.56 Å². The maximum absolute atomic E-state index is 13.1. The summed E-state index contributed by atoms with van der Waals surface area (Å²) in [5.74, 6) is 1.34. The van der Waals surface area contributed by atoms with Crippen LogP contribution in [0.1, 0.15) is 22.7 Å². The van der Waals surface area contributed by atoms with Gasteiger partial charge >= 0.3 is 0 Å². The lowest BCUT2D eigenvalue weighted by molar-refractivity contribution is 0.519. The van der Waals surface area contributed by atoms with E-state index in [0.717, 1.165) is 22.5 Å². The van der Waals surface area contributed by atoms with E-state index in [9.17, 15) is 4.79 Å². The second-order valence-corrected chi connectivity index (χ2v) is 7.24. The average Bonchev–Trinajstić information content (AvgIpc) is 3.38. The Labute approximate surface area is 173 Å². The van der Waals surface area contributed by atoms with E-state index in [0.29, 0.717) is 35.8 Å².